The molecule has 0 N–H and O–H groups in total. The number of nitrogens with zero attached hydrogens (tertiary/aromatic N) is 1. The van der Waals surface area contributed by atoms with Crippen LogP contribution in [0.5, 0.6) is 0 Å². The van der Waals surface area contributed by atoms with E-state index in [0.29, 0.717) is 26.0 Å². The molecule has 5 nitrogen and oxygen atoms in total. The van der Waals surface area contributed by atoms with Crippen molar-refractivity contribution in [2.45, 2.75) is 31.1 Å². The minimum atomic E-state index is -0.944. The van der Waals surface area contributed by atoms with Crippen LogP contribution in [0.2, 0.25) is 0 Å². The van der Waals surface area contributed by atoms with Gasteiger partial charge in [0.1, 0.15) is 11.4 Å². The number of rotatable bonds is 4. The van der Waals surface area contributed by atoms with E-state index in [4.69, 9.17) is 9.47 Å². The number of hydrogen-bond acceptors (Lipinski definition) is 5. The van der Waals surface area contributed by atoms with E-state index in [-0.39, 0.29) is 19.1 Å². The Bertz CT molecular complexity index is 522. The smallest absolute Gasteiger partial charge is 0.410 e. The van der Waals surface area contributed by atoms with Crippen LogP contribution in [0.1, 0.15) is 25.3 Å². The molecule has 22 heavy (non-hydrogen) atoms. The van der Waals surface area contributed by atoms with Gasteiger partial charge in [0, 0.05) is 13.1 Å². The van der Waals surface area contributed by atoms with Gasteiger partial charge >= 0.3 is 12.1 Å². The van der Waals surface area contributed by atoms with Crippen molar-refractivity contribution in [2.24, 2.45) is 0 Å². The first-order chi connectivity index (χ1) is 10.5. The van der Waals surface area contributed by atoms with Crippen LogP contribution >= 0.6 is 12.6 Å². The summed E-state index contributed by atoms with van der Waals surface area (Å²) in [4.78, 5) is 25.7. The minimum absolute atomic E-state index is 0.211. The SMILES string of the molecule is CCOC(=O)C1(S)CCCN(C(=O)OCc2ccccc2)C1. The molecule has 0 aliphatic carbocycles. The Labute approximate surface area is 136 Å². The van der Waals surface area contributed by atoms with Crippen molar-refractivity contribution >= 4 is 24.7 Å². The lowest BCUT2D eigenvalue weighted by atomic mass is 9.97. The molecule has 1 aliphatic rings. The molecule has 0 spiro atoms. The summed E-state index contributed by atoms with van der Waals surface area (Å²) in [6.07, 6.45) is 0.867. The van der Waals surface area contributed by atoms with Gasteiger partial charge in [0.15, 0.2) is 0 Å². The van der Waals surface area contributed by atoms with E-state index in [0.717, 1.165) is 5.56 Å². The Morgan fingerprint density at radius 1 is 1.27 bits per heavy atom. The van der Waals surface area contributed by atoms with E-state index in [1.165, 1.54) is 4.90 Å². The number of benzene rings is 1. The molecule has 0 saturated carbocycles. The highest BCUT2D eigenvalue weighted by Gasteiger charge is 2.42. The molecular formula is C16H21NO4S. The highest BCUT2D eigenvalue weighted by molar-refractivity contribution is 7.82. The largest absolute Gasteiger partial charge is 0.465 e. The summed E-state index contributed by atoms with van der Waals surface area (Å²) in [5.41, 5.74) is 0.926. The van der Waals surface area contributed by atoms with Crippen molar-refractivity contribution in [3.8, 4) is 0 Å². The lowest BCUT2D eigenvalue weighted by Gasteiger charge is -2.37. The maximum absolute atomic E-state index is 12.2. The van der Waals surface area contributed by atoms with Crippen LogP contribution in [0.25, 0.3) is 0 Å². The quantitative estimate of drug-likeness (QED) is 0.684. The Kier molecular flexibility index (Phi) is 5.71. The number of likely N-dealkylation sites (tertiary alicyclic amines) is 1. The molecule has 1 saturated heterocycles. The lowest BCUT2D eigenvalue weighted by molar-refractivity contribution is -0.147. The van der Waals surface area contributed by atoms with E-state index in [1.54, 1.807) is 6.92 Å². The molecule has 0 bridgehead atoms. The second-order valence-electron chi connectivity index (χ2n) is 5.32. The van der Waals surface area contributed by atoms with Gasteiger partial charge < -0.3 is 14.4 Å². The van der Waals surface area contributed by atoms with Gasteiger partial charge in [0.2, 0.25) is 0 Å². The van der Waals surface area contributed by atoms with Gasteiger partial charge in [0.25, 0.3) is 0 Å². The van der Waals surface area contributed by atoms with E-state index in [2.05, 4.69) is 12.6 Å². The fourth-order valence-corrected chi connectivity index (χ4v) is 2.83. The number of piperidine rings is 1. The van der Waals surface area contributed by atoms with Crippen LogP contribution < -0.4 is 0 Å². The highest BCUT2D eigenvalue weighted by Crippen LogP contribution is 2.29. The third-order valence-corrected chi connectivity index (χ3v) is 4.14. The molecule has 2 rings (SSSR count). The topological polar surface area (TPSA) is 55.8 Å². The first kappa shape index (κ1) is 16.7. The predicted molar refractivity (Wildman–Crippen MR) is 85.8 cm³/mol. The van der Waals surface area contributed by atoms with Crippen LogP contribution in [-0.4, -0.2) is 41.4 Å². The van der Waals surface area contributed by atoms with Gasteiger partial charge in [-0.05, 0) is 25.3 Å². The molecule has 1 aromatic rings. The molecule has 1 aromatic carbocycles. The monoisotopic (exact) mass is 323 g/mol. The maximum atomic E-state index is 12.2. The number of thiol groups is 1. The molecule has 1 heterocycles. The second kappa shape index (κ2) is 7.54. The summed E-state index contributed by atoms with van der Waals surface area (Å²) in [5, 5.41) is 0. The lowest BCUT2D eigenvalue weighted by Crippen LogP contribution is -2.52. The molecule has 0 aromatic heterocycles. The number of amides is 1. The Hall–Kier alpha value is -1.69. The van der Waals surface area contributed by atoms with Crippen LogP contribution in [0.15, 0.2) is 30.3 Å². The molecular weight excluding hydrogens is 302 g/mol. The highest BCUT2D eigenvalue weighted by atomic mass is 32.1. The van der Waals surface area contributed by atoms with Crippen LogP contribution in [0, 0.1) is 0 Å². The predicted octanol–water partition coefficient (Wildman–Crippen LogP) is 2.65. The van der Waals surface area contributed by atoms with Crippen LogP contribution in [0.4, 0.5) is 4.79 Å². The summed E-state index contributed by atoms with van der Waals surface area (Å²) in [6, 6.07) is 9.48. The molecule has 1 aliphatic heterocycles. The number of carbonyl (C=O) groups is 2. The average molecular weight is 323 g/mol. The zero-order valence-electron chi connectivity index (χ0n) is 12.7. The Balaban J connectivity index is 1.91. The number of carbonyl (C=O) groups excluding carboxylic acids is 2. The van der Waals surface area contributed by atoms with Crippen molar-refractivity contribution in [3.63, 3.8) is 0 Å². The van der Waals surface area contributed by atoms with Crippen molar-refractivity contribution in [2.75, 3.05) is 19.7 Å². The normalized spacial score (nSPS) is 21.3. The summed E-state index contributed by atoms with van der Waals surface area (Å²) in [5.74, 6) is -0.376. The molecule has 0 radical (unpaired) electrons. The molecule has 1 unspecified atom stereocenters. The zero-order valence-corrected chi connectivity index (χ0v) is 13.6. The number of esters is 1. The van der Waals surface area contributed by atoms with Gasteiger partial charge in [-0.15, -0.1) is 0 Å². The Morgan fingerprint density at radius 2 is 2.00 bits per heavy atom. The van der Waals surface area contributed by atoms with Gasteiger partial charge in [-0.3, -0.25) is 4.79 Å². The summed E-state index contributed by atoms with van der Waals surface area (Å²) >= 11 is 4.45. The first-order valence-electron chi connectivity index (χ1n) is 7.40. The van der Waals surface area contributed by atoms with Crippen molar-refractivity contribution in [1.29, 1.82) is 0 Å². The van der Waals surface area contributed by atoms with E-state index >= 15 is 0 Å². The summed E-state index contributed by atoms with van der Waals surface area (Å²) in [7, 11) is 0. The van der Waals surface area contributed by atoms with Crippen molar-refractivity contribution in [1.82, 2.24) is 4.90 Å². The minimum Gasteiger partial charge on any atom is -0.465 e. The first-order valence-corrected chi connectivity index (χ1v) is 7.85. The summed E-state index contributed by atoms with van der Waals surface area (Å²) < 4.78 is 9.40. The molecule has 6 heteroatoms. The summed E-state index contributed by atoms with van der Waals surface area (Å²) in [6.45, 7) is 3.05. The Morgan fingerprint density at radius 3 is 2.68 bits per heavy atom. The van der Waals surface area contributed by atoms with Gasteiger partial charge in [-0.25, -0.2) is 4.79 Å². The van der Waals surface area contributed by atoms with Crippen molar-refractivity contribution in [3.05, 3.63) is 35.9 Å². The van der Waals surface area contributed by atoms with Crippen molar-refractivity contribution < 1.29 is 19.1 Å². The molecule has 1 atom stereocenters. The van der Waals surface area contributed by atoms with Gasteiger partial charge in [-0.1, -0.05) is 30.3 Å². The maximum Gasteiger partial charge on any atom is 0.410 e. The number of hydrogen-bond donors (Lipinski definition) is 1. The van der Waals surface area contributed by atoms with Gasteiger partial charge in [-0.2, -0.15) is 12.6 Å². The van der Waals surface area contributed by atoms with Crippen LogP contribution in [0.3, 0.4) is 0 Å². The molecule has 1 fully saturated rings. The molecule has 1 amide bonds. The fourth-order valence-electron chi connectivity index (χ4n) is 2.43. The van der Waals surface area contributed by atoms with Gasteiger partial charge in [0.05, 0.1) is 6.61 Å². The average Bonchev–Trinajstić information content (AvgIpc) is 2.54. The number of ether oxygens (including phenoxy) is 2. The van der Waals surface area contributed by atoms with E-state index in [9.17, 15) is 9.59 Å². The molecule has 120 valence electrons. The van der Waals surface area contributed by atoms with E-state index < -0.39 is 10.8 Å². The fraction of sp³-hybridized carbons (Fsp3) is 0.500. The van der Waals surface area contributed by atoms with Crippen LogP contribution in [-0.2, 0) is 20.9 Å². The third-order valence-electron chi connectivity index (χ3n) is 3.59. The zero-order chi connectivity index (χ0) is 16.0. The van der Waals surface area contributed by atoms with E-state index in [1.807, 2.05) is 30.3 Å². The third kappa shape index (κ3) is 4.16. The second-order valence-corrected chi connectivity index (χ2v) is 6.17. The standard InChI is InChI=1S/C16H21NO4S/c1-2-20-14(18)16(22)9-6-10-17(12-16)15(19)21-11-13-7-4-3-5-8-13/h3-5,7-8,22H,2,6,9-12H2,1H3.